The Morgan fingerprint density at radius 1 is 1.07 bits per heavy atom. The Kier molecular flexibility index (Phi) is 10.4. The summed E-state index contributed by atoms with van der Waals surface area (Å²) in [5.74, 6) is 0.122. The largest absolute Gasteiger partial charge is 0.508 e. The maximum absolute atomic E-state index is 11.9. The smallest absolute Gasteiger partial charge is 0.326 e. The number of benzene rings is 2. The molecule has 29 heavy (non-hydrogen) atoms. The molecular weight excluding hydrogens is 849 g/mol. The third-order valence-corrected chi connectivity index (χ3v) is 10.9. The van der Waals surface area contributed by atoms with Crippen molar-refractivity contribution in [3.05, 3.63) is 44.1 Å². The Balaban J connectivity index is 2.37. The fourth-order valence-electron chi connectivity index (χ4n) is 2.37. The highest BCUT2D eigenvalue weighted by Crippen LogP contribution is 2.40. The number of ether oxygens (including phenoxy) is 1. The van der Waals surface area contributed by atoms with E-state index in [1.807, 2.05) is 6.66 Å². The first-order chi connectivity index (χ1) is 13.6. The normalized spacial score (nSPS) is 12.2. The van der Waals surface area contributed by atoms with Gasteiger partial charge in [0.2, 0.25) is 5.91 Å². The number of nitrogens with one attached hydrogen (secondary N) is 1. The number of carbonyl (C=O) groups excluding carboxylic acids is 1. The Labute approximate surface area is 224 Å². The van der Waals surface area contributed by atoms with E-state index in [9.17, 15) is 19.8 Å². The van der Waals surface area contributed by atoms with Crippen molar-refractivity contribution in [2.45, 2.75) is 12.5 Å². The molecule has 0 bridgehead atoms. The Bertz CT molecular complexity index is 894. The van der Waals surface area contributed by atoms with Gasteiger partial charge in [-0.15, -0.1) is 8.58 Å². The fraction of sp³-hybridized carbons (Fsp3) is 0.222. The fourth-order valence-corrected chi connectivity index (χ4v) is 6.70. The van der Waals surface area contributed by atoms with Crippen molar-refractivity contribution in [1.82, 2.24) is 5.32 Å². The quantitative estimate of drug-likeness (QED) is 0.197. The molecule has 0 spiro atoms. The van der Waals surface area contributed by atoms with Gasteiger partial charge < -0.3 is 20.3 Å². The molecule has 11 heteroatoms. The summed E-state index contributed by atoms with van der Waals surface area (Å²) < 4.78 is 9.54. The number of hydrogen-bond acceptors (Lipinski definition) is 4. The van der Waals surface area contributed by atoms with E-state index in [4.69, 9.17) is 4.74 Å². The summed E-state index contributed by atoms with van der Waals surface area (Å²) in [6.07, 6.45) is 0.516. The molecule has 0 fully saturated rings. The average molecular weight is 865 g/mol. The number of carbonyl (C=O) groups is 2. The number of hydrogen-bond donors (Lipinski definition) is 3. The van der Waals surface area contributed by atoms with Gasteiger partial charge in [-0.05, 0) is 127 Å². The molecule has 2 aromatic carbocycles. The van der Waals surface area contributed by atoms with Gasteiger partial charge >= 0.3 is 5.97 Å². The number of amides is 1. The van der Waals surface area contributed by atoms with Gasteiger partial charge in [0.15, 0.2) is 5.75 Å². The van der Waals surface area contributed by atoms with Crippen molar-refractivity contribution in [2.75, 3.05) is 12.8 Å². The molecule has 2 rings (SSSR count). The van der Waals surface area contributed by atoms with Crippen molar-refractivity contribution >= 4 is 111 Å². The van der Waals surface area contributed by atoms with Gasteiger partial charge in [0.05, 0.1) is 7.14 Å². The van der Waals surface area contributed by atoms with Crippen molar-refractivity contribution in [3.63, 3.8) is 0 Å². The zero-order chi connectivity index (χ0) is 21.7. The maximum atomic E-state index is 11.9. The first kappa shape index (κ1) is 25.6. The minimum atomic E-state index is -1.06. The molecule has 2 aromatic rings. The second kappa shape index (κ2) is 11.8. The number of aromatic hydroxyl groups is 1. The molecule has 0 aliphatic rings. The van der Waals surface area contributed by atoms with E-state index >= 15 is 0 Å². The molecule has 0 saturated carbocycles. The van der Waals surface area contributed by atoms with Crippen molar-refractivity contribution in [1.29, 1.82) is 0 Å². The number of phenols is 1. The lowest BCUT2D eigenvalue weighted by Crippen LogP contribution is -2.43. The van der Waals surface area contributed by atoms with Gasteiger partial charge in [-0.3, -0.25) is 4.79 Å². The summed E-state index contributed by atoms with van der Waals surface area (Å²) in [6, 6.07) is 5.47. The predicted octanol–water partition coefficient (Wildman–Crippen LogP) is 5.02. The van der Waals surface area contributed by atoms with Crippen LogP contribution in [-0.4, -0.2) is 41.0 Å². The molecule has 0 radical (unpaired) electrons. The summed E-state index contributed by atoms with van der Waals surface area (Å²) in [7, 11) is 0.431. The monoisotopic (exact) mass is 865 g/mol. The number of aliphatic carboxylic acids is 1. The number of halogens is 4. The summed E-state index contributed by atoms with van der Waals surface area (Å²) in [5.41, 5.74) is 0.865. The lowest BCUT2D eigenvalue weighted by molar-refractivity contribution is -0.141. The summed E-state index contributed by atoms with van der Waals surface area (Å²) in [5, 5.41) is 21.6. The van der Waals surface area contributed by atoms with Crippen LogP contribution in [0.25, 0.3) is 0 Å². The zero-order valence-electron chi connectivity index (χ0n) is 14.9. The third-order valence-electron chi connectivity index (χ3n) is 3.75. The van der Waals surface area contributed by atoms with E-state index in [-0.39, 0.29) is 18.1 Å². The first-order valence-electron chi connectivity index (χ1n) is 8.14. The summed E-state index contributed by atoms with van der Waals surface area (Å²) in [4.78, 5) is 23.6. The maximum Gasteiger partial charge on any atom is 0.326 e. The van der Waals surface area contributed by atoms with Gasteiger partial charge in [-0.1, -0.05) is 0 Å². The lowest BCUT2D eigenvalue weighted by Gasteiger charge is -2.20. The van der Waals surface area contributed by atoms with E-state index in [2.05, 4.69) is 95.7 Å². The van der Waals surface area contributed by atoms with Crippen LogP contribution in [-0.2, 0) is 16.0 Å². The molecular formula is C18H16I4NO5P. The minimum absolute atomic E-state index is 0.159. The molecule has 3 N–H and O–H groups in total. The SMILES string of the molecule is CPCC(=O)NC(Cc1c(I)c(I)c(Oc2ccc(O)cc2)c(I)c1I)C(=O)O. The minimum Gasteiger partial charge on any atom is -0.508 e. The highest BCUT2D eigenvalue weighted by molar-refractivity contribution is 14.1. The standard InChI is InChI=1S/C18H16I4NO5P/c1-29-7-12(25)23-11(18(26)27)6-10-13(19)15(21)17(16(22)14(10)20)28-9-4-2-8(24)3-5-9/h2-5,11,24,29H,6-7H2,1H3,(H,23,25)(H,26,27). The molecule has 0 aliphatic heterocycles. The number of phenolic OH excluding ortho intramolecular Hbond substituents is 1. The predicted molar refractivity (Wildman–Crippen MR) is 148 cm³/mol. The molecule has 0 saturated heterocycles. The van der Waals surface area contributed by atoms with Crippen LogP contribution in [0.4, 0.5) is 0 Å². The topological polar surface area (TPSA) is 95.9 Å². The zero-order valence-corrected chi connectivity index (χ0v) is 24.6. The molecule has 0 aromatic heterocycles. The van der Waals surface area contributed by atoms with Crippen molar-refractivity contribution in [2.24, 2.45) is 0 Å². The number of carboxylic acid groups (broad SMARTS) is 1. The van der Waals surface area contributed by atoms with Crippen molar-refractivity contribution in [3.8, 4) is 17.2 Å². The summed E-state index contributed by atoms with van der Waals surface area (Å²) >= 11 is 8.75. The van der Waals surface area contributed by atoms with E-state index in [1.54, 1.807) is 24.3 Å². The van der Waals surface area contributed by atoms with Crippen LogP contribution in [0.1, 0.15) is 5.56 Å². The Hall–Kier alpha value is 0.330. The lowest BCUT2D eigenvalue weighted by atomic mass is 10.1. The summed E-state index contributed by atoms with van der Waals surface area (Å²) in [6.45, 7) is 1.90. The van der Waals surface area contributed by atoms with Gasteiger partial charge in [-0.2, -0.15) is 0 Å². The number of carboxylic acids is 1. The second-order valence-corrected chi connectivity index (χ2v) is 11.2. The first-order valence-corrected chi connectivity index (χ1v) is 14.2. The molecule has 1 amide bonds. The Morgan fingerprint density at radius 2 is 1.62 bits per heavy atom. The van der Waals surface area contributed by atoms with Gasteiger partial charge in [0, 0.05) is 19.7 Å². The van der Waals surface area contributed by atoms with Gasteiger partial charge in [-0.25, -0.2) is 4.79 Å². The third kappa shape index (κ3) is 6.91. The molecule has 0 heterocycles. The second-order valence-electron chi connectivity index (χ2n) is 5.85. The molecule has 2 atom stereocenters. The van der Waals surface area contributed by atoms with Crippen LogP contribution in [0.2, 0.25) is 0 Å². The van der Waals surface area contributed by atoms with Crippen LogP contribution >= 0.6 is 98.9 Å². The van der Waals surface area contributed by atoms with Gasteiger partial charge in [0.25, 0.3) is 0 Å². The molecule has 2 unspecified atom stereocenters. The molecule has 156 valence electrons. The molecule has 6 nitrogen and oxygen atoms in total. The average Bonchev–Trinajstić information content (AvgIpc) is 2.67. The van der Waals surface area contributed by atoms with Crippen LogP contribution in [0, 0.1) is 14.3 Å². The van der Waals surface area contributed by atoms with Crippen molar-refractivity contribution < 1.29 is 24.5 Å². The highest BCUT2D eigenvalue weighted by Gasteiger charge is 2.26. The van der Waals surface area contributed by atoms with Gasteiger partial charge in [0.1, 0.15) is 17.5 Å². The van der Waals surface area contributed by atoms with E-state index in [0.717, 1.165) is 19.8 Å². The van der Waals surface area contributed by atoms with E-state index in [1.165, 1.54) is 0 Å². The van der Waals surface area contributed by atoms with Crippen LogP contribution in [0.15, 0.2) is 24.3 Å². The number of rotatable bonds is 8. The van der Waals surface area contributed by atoms with E-state index in [0.29, 0.717) is 26.2 Å². The molecule has 0 aliphatic carbocycles. The highest BCUT2D eigenvalue weighted by atomic mass is 127. The van der Waals surface area contributed by atoms with Crippen LogP contribution < -0.4 is 10.1 Å². The van der Waals surface area contributed by atoms with Crippen LogP contribution in [0.5, 0.6) is 17.2 Å². The Morgan fingerprint density at radius 3 is 2.10 bits per heavy atom. The van der Waals surface area contributed by atoms with E-state index < -0.39 is 12.0 Å². The van der Waals surface area contributed by atoms with Crippen LogP contribution in [0.3, 0.4) is 0 Å².